The molecule has 1 rings (SSSR count). The Morgan fingerprint density at radius 3 is 2.77 bits per heavy atom. The molecular formula is C9H12N4. The van der Waals surface area contributed by atoms with Gasteiger partial charge in [-0.2, -0.15) is 0 Å². The molecule has 1 aromatic rings. The maximum Gasteiger partial charge on any atom is 0.0684 e. The van der Waals surface area contributed by atoms with Gasteiger partial charge in [-0.1, -0.05) is 25.0 Å². The second-order valence-electron chi connectivity index (χ2n) is 3.13. The minimum Gasteiger partial charge on any atom is -0.261 e. The van der Waals surface area contributed by atoms with E-state index in [1.807, 2.05) is 18.3 Å². The van der Waals surface area contributed by atoms with Crippen molar-refractivity contribution in [1.82, 2.24) is 4.98 Å². The fraction of sp³-hybridized carbons (Fsp3) is 0.444. The Morgan fingerprint density at radius 1 is 1.54 bits per heavy atom. The zero-order chi connectivity index (χ0) is 9.68. The molecule has 0 bridgehead atoms. The van der Waals surface area contributed by atoms with Crippen LogP contribution in [0.25, 0.3) is 10.4 Å². The Bertz CT molecular complexity index is 309. The molecule has 68 valence electrons. The normalized spacial score (nSPS) is 9.77. The first kappa shape index (κ1) is 9.55. The van der Waals surface area contributed by atoms with Gasteiger partial charge < -0.3 is 0 Å². The van der Waals surface area contributed by atoms with Gasteiger partial charge >= 0.3 is 0 Å². The number of aromatic nitrogens is 1. The summed E-state index contributed by atoms with van der Waals surface area (Å²) >= 11 is 0. The van der Waals surface area contributed by atoms with Crippen LogP contribution in [0.3, 0.4) is 0 Å². The van der Waals surface area contributed by atoms with Crippen LogP contribution in [0.5, 0.6) is 0 Å². The number of hydrogen-bond donors (Lipinski definition) is 0. The molecule has 0 unspecified atom stereocenters. The molecule has 0 N–H and O–H groups in total. The highest BCUT2D eigenvalue weighted by molar-refractivity contribution is 5.16. The van der Waals surface area contributed by atoms with Gasteiger partial charge in [-0.25, -0.2) is 0 Å². The van der Waals surface area contributed by atoms with E-state index in [1.165, 1.54) is 5.56 Å². The van der Waals surface area contributed by atoms with E-state index in [4.69, 9.17) is 5.53 Å². The molecule has 0 atom stereocenters. The Hall–Kier alpha value is -1.54. The van der Waals surface area contributed by atoms with E-state index >= 15 is 0 Å². The summed E-state index contributed by atoms with van der Waals surface area (Å²) < 4.78 is 0. The third kappa shape index (κ3) is 2.76. The summed E-state index contributed by atoms with van der Waals surface area (Å²) in [4.78, 5) is 6.85. The second-order valence-corrected chi connectivity index (χ2v) is 3.13. The molecule has 0 amide bonds. The third-order valence-corrected chi connectivity index (χ3v) is 1.81. The van der Waals surface area contributed by atoms with E-state index in [9.17, 15) is 0 Å². The van der Waals surface area contributed by atoms with Crippen LogP contribution < -0.4 is 0 Å². The highest BCUT2D eigenvalue weighted by Crippen LogP contribution is 2.12. The Morgan fingerprint density at radius 2 is 2.31 bits per heavy atom. The molecule has 1 heterocycles. The average molecular weight is 176 g/mol. The molecule has 4 nitrogen and oxygen atoms in total. The van der Waals surface area contributed by atoms with Crippen molar-refractivity contribution in [2.45, 2.75) is 26.3 Å². The smallest absolute Gasteiger partial charge is 0.0684 e. The van der Waals surface area contributed by atoms with Crippen LogP contribution in [-0.4, -0.2) is 4.98 Å². The molecule has 0 aliphatic rings. The van der Waals surface area contributed by atoms with Crippen LogP contribution in [0.4, 0.5) is 0 Å². The zero-order valence-corrected chi connectivity index (χ0v) is 7.81. The summed E-state index contributed by atoms with van der Waals surface area (Å²) in [6.07, 6.45) is 1.83. The predicted octanol–water partition coefficient (Wildman–Crippen LogP) is 3.02. The van der Waals surface area contributed by atoms with Crippen molar-refractivity contribution >= 4 is 0 Å². The van der Waals surface area contributed by atoms with Gasteiger partial charge in [0.1, 0.15) is 0 Å². The topological polar surface area (TPSA) is 61.7 Å². The van der Waals surface area contributed by atoms with Crippen molar-refractivity contribution in [1.29, 1.82) is 0 Å². The van der Waals surface area contributed by atoms with Gasteiger partial charge in [-0.3, -0.25) is 4.98 Å². The van der Waals surface area contributed by atoms with E-state index < -0.39 is 0 Å². The zero-order valence-electron chi connectivity index (χ0n) is 7.81. The predicted molar refractivity (Wildman–Crippen MR) is 51.2 cm³/mol. The summed E-state index contributed by atoms with van der Waals surface area (Å²) in [5, 5.41) is 3.43. The van der Waals surface area contributed by atoms with Gasteiger partial charge in [0.05, 0.1) is 6.54 Å². The van der Waals surface area contributed by atoms with Crippen molar-refractivity contribution in [3.05, 3.63) is 40.0 Å². The minimum absolute atomic E-state index is 0.328. The maximum atomic E-state index is 8.10. The molecule has 0 aliphatic heterocycles. The minimum atomic E-state index is 0.328. The number of hydrogen-bond acceptors (Lipinski definition) is 2. The van der Waals surface area contributed by atoms with Crippen molar-refractivity contribution in [3.63, 3.8) is 0 Å². The first-order chi connectivity index (χ1) is 6.24. The number of azide groups is 1. The van der Waals surface area contributed by atoms with Gasteiger partial charge in [0.25, 0.3) is 0 Å². The van der Waals surface area contributed by atoms with Gasteiger partial charge in [-0.15, -0.1) is 0 Å². The van der Waals surface area contributed by atoms with Crippen LogP contribution in [-0.2, 0) is 6.54 Å². The summed E-state index contributed by atoms with van der Waals surface area (Å²) in [6, 6.07) is 3.91. The van der Waals surface area contributed by atoms with Crippen molar-refractivity contribution in [2.75, 3.05) is 0 Å². The SMILES string of the molecule is CC(C)c1ccc(CN=[N+]=[N-])nc1. The molecule has 0 aliphatic carbocycles. The standard InChI is InChI=1S/C9H12N4/c1-7(2)8-3-4-9(11-5-8)6-12-13-10/h3-5,7H,6H2,1-2H3. The number of pyridine rings is 1. The highest BCUT2D eigenvalue weighted by atomic mass is 15.1. The molecule has 0 radical (unpaired) electrons. The number of rotatable bonds is 3. The van der Waals surface area contributed by atoms with Gasteiger partial charge in [-0.05, 0) is 23.1 Å². The molecule has 0 saturated heterocycles. The average Bonchev–Trinajstić information content (AvgIpc) is 2.15. The molecule has 0 saturated carbocycles. The molecule has 0 fully saturated rings. The lowest BCUT2D eigenvalue weighted by molar-refractivity contribution is 0.848. The van der Waals surface area contributed by atoms with Crippen molar-refractivity contribution in [2.24, 2.45) is 5.11 Å². The van der Waals surface area contributed by atoms with E-state index in [-0.39, 0.29) is 0 Å². The second kappa shape index (κ2) is 4.48. The van der Waals surface area contributed by atoms with Gasteiger partial charge in [0, 0.05) is 16.8 Å². The summed E-state index contributed by atoms with van der Waals surface area (Å²) in [6.45, 7) is 4.56. The lowest BCUT2D eigenvalue weighted by atomic mass is 10.1. The van der Waals surface area contributed by atoms with Crippen LogP contribution >= 0.6 is 0 Å². The van der Waals surface area contributed by atoms with Crippen LogP contribution in [0.15, 0.2) is 23.4 Å². The largest absolute Gasteiger partial charge is 0.261 e. The highest BCUT2D eigenvalue weighted by Gasteiger charge is 1.98. The lowest BCUT2D eigenvalue weighted by Crippen LogP contribution is -1.91. The molecule has 0 aromatic carbocycles. The van der Waals surface area contributed by atoms with Crippen molar-refractivity contribution < 1.29 is 0 Å². The van der Waals surface area contributed by atoms with E-state index in [0.29, 0.717) is 12.5 Å². The quantitative estimate of drug-likeness (QED) is 0.396. The first-order valence-electron chi connectivity index (χ1n) is 4.19. The summed E-state index contributed by atoms with van der Waals surface area (Å²) in [7, 11) is 0. The van der Waals surface area contributed by atoms with E-state index in [1.54, 1.807) is 0 Å². The lowest BCUT2D eigenvalue weighted by Gasteiger charge is -2.04. The van der Waals surface area contributed by atoms with Crippen LogP contribution in [0.2, 0.25) is 0 Å². The summed E-state index contributed by atoms with van der Waals surface area (Å²) in [5.41, 5.74) is 10.1. The Labute approximate surface area is 77.2 Å². The van der Waals surface area contributed by atoms with Crippen molar-refractivity contribution in [3.8, 4) is 0 Å². The molecule has 0 spiro atoms. The number of nitrogens with zero attached hydrogens (tertiary/aromatic N) is 4. The molecule has 1 aromatic heterocycles. The fourth-order valence-electron chi connectivity index (χ4n) is 0.975. The first-order valence-corrected chi connectivity index (χ1v) is 4.19. The molecular weight excluding hydrogens is 164 g/mol. The maximum absolute atomic E-state index is 8.10. The van der Waals surface area contributed by atoms with E-state index in [0.717, 1.165) is 5.69 Å². The third-order valence-electron chi connectivity index (χ3n) is 1.81. The van der Waals surface area contributed by atoms with Crippen LogP contribution in [0.1, 0.15) is 31.0 Å². The van der Waals surface area contributed by atoms with Crippen LogP contribution in [0, 0.1) is 0 Å². The Balaban J connectivity index is 2.75. The Kier molecular flexibility index (Phi) is 3.29. The van der Waals surface area contributed by atoms with Gasteiger partial charge in [0.2, 0.25) is 0 Å². The monoisotopic (exact) mass is 176 g/mol. The van der Waals surface area contributed by atoms with E-state index in [2.05, 4.69) is 28.9 Å². The molecule has 13 heavy (non-hydrogen) atoms. The molecule has 4 heteroatoms. The van der Waals surface area contributed by atoms with Gasteiger partial charge in [0.15, 0.2) is 0 Å². The fourth-order valence-corrected chi connectivity index (χ4v) is 0.975. The summed E-state index contributed by atoms with van der Waals surface area (Å²) in [5.74, 6) is 0.487.